The fourth-order valence-corrected chi connectivity index (χ4v) is 2.67. The first-order chi connectivity index (χ1) is 9.80. The maximum atomic E-state index is 11.9. The van der Waals surface area contributed by atoms with Gasteiger partial charge in [0.25, 0.3) is 0 Å². The Morgan fingerprint density at radius 3 is 2.52 bits per heavy atom. The van der Waals surface area contributed by atoms with Crippen molar-refractivity contribution in [2.75, 3.05) is 26.6 Å². The van der Waals surface area contributed by atoms with Crippen molar-refractivity contribution in [2.45, 2.75) is 18.8 Å². The van der Waals surface area contributed by atoms with Gasteiger partial charge in [-0.15, -0.1) is 0 Å². The molecule has 0 radical (unpaired) electrons. The molecule has 112 valence electrons. The summed E-state index contributed by atoms with van der Waals surface area (Å²) in [6.07, 6.45) is 7.03. The Bertz CT molecular complexity index is 725. The summed E-state index contributed by atoms with van der Waals surface area (Å²) in [6, 6.07) is 5.87. The van der Waals surface area contributed by atoms with E-state index in [1.807, 2.05) is 25.1 Å². The minimum Gasteiger partial charge on any atom is -0.369 e. The summed E-state index contributed by atoms with van der Waals surface area (Å²) in [5.41, 5.74) is 2.82. The van der Waals surface area contributed by atoms with E-state index in [1.54, 1.807) is 24.9 Å². The van der Waals surface area contributed by atoms with Crippen molar-refractivity contribution >= 4 is 27.4 Å². The Hall–Kier alpha value is -1.87. The van der Waals surface area contributed by atoms with Crippen LogP contribution in [0.2, 0.25) is 0 Å². The molecule has 5 nitrogen and oxygen atoms in total. The summed E-state index contributed by atoms with van der Waals surface area (Å²) in [4.78, 5) is 6.17. The standard InChI is InChI=1S/C15H20N4OS/c1-19(2)10-17-15-8-12(18-21(3,4)20)7-13(11-5-6-11)14(15)9-16/h7-8,10-11H,5-6H2,1-4H3/b17-10-. The summed E-state index contributed by atoms with van der Waals surface area (Å²) in [7, 11) is 1.51. The van der Waals surface area contributed by atoms with Crippen LogP contribution in [0.1, 0.15) is 29.9 Å². The number of nitrogens with zero attached hydrogens (tertiary/aromatic N) is 4. The monoisotopic (exact) mass is 304 g/mol. The highest BCUT2D eigenvalue weighted by molar-refractivity contribution is 7.92. The third-order valence-electron chi connectivity index (χ3n) is 3.01. The Morgan fingerprint density at radius 2 is 2.05 bits per heavy atom. The molecule has 0 amide bonds. The van der Waals surface area contributed by atoms with Crippen LogP contribution in [0.4, 0.5) is 11.4 Å². The lowest BCUT2D eigenvalue weighted by atomic mass is 10.0. The van der Waals surface area contributed by atoms with E-state index in [0.717, 1.165) is 18.4 Å². The molecule has 0 bridgehead atoms. The second-order valence-corrected chi connectivity index (χ2v) is 8.34. The normalized spacial score (nSPS) is 15.0. The first-order valence-corrected chi connectivity index (χ1v) is 9.09. The zero-order chi connectivity index (χ0) is 15.6. The van der Waals surface area contributed by atoms with Gasteiger partial charge >= 0.3 is 0 Å². The molecular formula is C15H20N4OS. The predicted molar refractivity (Wildman–Crippen MR) is 87.0 cm³/mol. The van der Waals surface area contributed by atoms with E-state index in [9.17, 15) is 9.47 Å². The van der Waals surface area contributed by atoms with E-state index in [-0.39, 0.29) is 0 Å². The van der Waals surface area contributed by atoms with Crippen molar-refractivity contribution in [2.24, 2.45) is 9.36 Å². The molecule has 1 aliphatic rings. The van der Waals surface area contributed by atoms with E-state index >= 15 is 0 Å². The third-order valence-corrected chi connectivity index (χ3v) is 3.67. The van der Waals surface area contributed by atoms with Gasteiger partial charge in [-0.3, -0.25) is 0 Å². The summed E-state index contributed by atoms with van der Waals surface area (Å²) in [5, 5.41) is 9.44. The number of benzene rings is 1. The molecule has 0 aliphatic heterocycles. The molecule has 0 N–H and O–H groups in total. The van der Waals surface area contributed by atoms with Gasteiger partial charge in [0.05, 0.1) is 23.3 Å². The van der Waals surface area contributed by atoms with Crippen molar-refractivity contribution in [3.8, 4) is 6.07 Å². The number of aliphatic imine (C=N–C) groups is 1. The molecule has 1 aromatic rings. The highest BCUT2D eigenvalue weighted by Gasteiger charge is 2.28. The second kappa shape index (κ2) is 5.86. The maximum Gasteiger partial charge on any atom is 0.102 e. The van der Waals surface area contributed by atoms with Crippen LogP contribution in [-0.2, 0) is 9.73 Å². The number of hydrogen-bond donors (Lipinski definition) is 0. The number of hydrogen-bond acceptors (Lipinski definition) is 4. The van der Waals surface area contributed by atoms with E-state index in [0.29, 0.717) is 22.9 Å². The third kappa shape index (κ3) is 4.30. The van der Waals surface area contributed by atoms with Gasteiger partial charge in [0.2, 0.25) is 0 Å². The first kappa shape index (κ1) is 15.5. The minimum absolute atomic E-state index is 0.410. The fraction of sp³-hybridized carbons (Fsp3) is 0.467. The number of nitriles is 1. The van der Waals surface area contributed by atoms with E-state index in [2.05, 4.69) is 15.4 Å². The lowest BCUT2D eigenvalue weighted by Gasteiger charge is -2.09. The zero-order valence-electron chi connectivity index (χ0n) is 12.8. The molecule has 1 saturated carbocycles. The lowest BCUT2D eigenvalue weighted by molar-refractivity contribution is 0.643. The van der Waals surface area contributed by atoms with Gasteiger partial charge in [-0.1, -0.05) is 0 Å². The Morgan fingerprint density at radius 1 is 1.38 bits per heavy atom. The van der Waals surface area contributed by atoms with Gasteiger partial charge in [0, 0.05) is 36.3 Å². The molecule has 1 aromatic carbocycles. The largest absolute Gasteiger partial charge is 0.369 e. The SMILES string of the molecule is CN(C)/C=N\c1cc(N=S(C)(C)=O)cc(C2CC2)c1C#N. The Kier molecular flexibility index (Phi) is 4.33. The molecule has 0 spiro atoms. The van der Waals surface area contributed by atoms with E-state index < -0.39 is 9.73 Å². The van der Waals surface area contributed by atoms with Gasteiger partial charge in [-0.2, -0.15) is 9.62 Å². The van der Waals surface area contributed by atoms with Gasteiger partial charge in [0.15, 0.2) is 0 Å². The molecule has 1 fully saturated rings. The molecular weight excluding hydrogens is 284 g/mol. The van der Waals surface area contributed by atoms with Gasteiger partial charge in [0.1, 0.15) is 6.07 Å². The summed E-state index contributed by atoms with van der Waals surface area (Å²) in [5.74, 6) is 0.410. The highest BCUT2D eigenvalue weighted by atomic mass is 32.2. The predicted octanol–water partition coefficient (Wildman–Crippen LogP) is 3.02. The molecule has 0 unspecified atom stereocenters. The molecule has 2 rings (SSSR count). The average Bonchev–Trinajstić information content (AvgIpc) is 3.17. The summed E-state index contributed by atoms with van der Waals surface area (Å²) >= 11 is 0. The van der Waals surface area contributed by atoms with Gasteiger partial charge in [-0.25, -0.2) is 9.20 Å². The van der Waals surface area contributed by atoms with Crippen molar-refractivity contribution in [1.29, 1.82) is 5.26 Å². The smallest absolute Gasteiger partial charge is 0.102 e. The van der Waals surface area contributed by atoms with Crippen LogP contribution in [0.25, 0.3) is 0 Å². The molecule has 6 heteroatoms. The molecule has 0 atom stereocenters. The van der Waals surface area contributed by atoms with Gasteiger partial charge < -0.3 is 4.90 Å². The molecule has 0 saturated heterocycles. The average molecular weight is 304 g/mol. The van der Waals surface area contributed by atoms with Crippen LogP contribution >= 0.6 is 0 Å². The summed E-state index contributed by atoms with van der Waals surface area (Å²) in [6.45, 7) is 0. The Labute approximate surface area is 126 Å². The summed E-state index contributed by atoms with van der Waals surface area (Å²) < 4.78 is 16.2. The Balaban J connectivity index is 2.61. The maximum absolute atomic E-state index is 11.9. The van der Waals surface area contributed by atoms with Crippen molar-refractivity contribution in [3.63, 3.8) is 0 Å². The highest BCUT2D eigenvalue weighted by Crippen LogP contribution is 2.45. The van der Waals surface area contributed by atoms with Crippen LogP contribution in [-0.4, -0.2) is 42.1 Å². The number of rotatable bonds is 4. The van der Waals surface area contributed by atoms with Crippen LogP contribution < -0.4 is 0 Å². The van der Waals surface area contributed by atoms with Crippen LogP contribution in [0.15, 0.2) is 21.5 Å². The van der Waals surface area contributed by atoms with E-state index in [1.165, 1.54) is 0 Å². The van der Waals surface area contributed by atoms with Crippen molar-refractivity contribution in [1.82, 2.24) is 4.90 Å². The molecule has 0 aromatic heterocycles. The van der Waals surface area contributed by atoms with Gasteiger partial charge in [-0.05, 0) is 36.5 Å². The molecule has 21 heavy (non-hydrogen) atoms. The van der Waals surface area contributed by atoms with Crippen LogP contribution in [0.5, 0.6) is 0 Å². The topological polar surface area (TPSA) is 68.8 Å². The zero-order valence-corrected chi connectivity index (χ0v) is 13.6. The molecule has 1 aliphatic carbocycles. The van der Waals surface area contributed by atoms with E-state index in [4.69, 9.17) is 0 Å². The van der Waals surface area contributed by atoms with Crippen molar-refractivity contribution < 1.29 is 4.21 Å². The fourth-order valence-electron chi connectivity index (χ4n) is 2.06. The van der Waals surface area contributed by atoms with Crippen LogP contribution in [0.3, 0.4) is 0 Å². The second-order valence-electron chi connectivity index (χ2n) is 5.80. The molecule has 0 heterocycles. The van der Waals surface area contributed by atoms with Crippen LogP contribution in [0, 0.1) is 11.3 Å². The minimum atomic E-state index is -2.24. The quantitative estimate of drug-likeness (QED) is 0.634. The lowest BCUT2D eigenvalue weighted by Crippen LogP contribution is -2.07. The van der Waals surface area contributed by atoms with Crippen molar-refractivity contribution in [3.05, 3.63) is 23.3 Å². The first-order valence-electron chi connectivity index (χ1n) is 6.76.